The lowest BCUT2D eigenvalue weighted by molar-refractivity contribution is -0.158. The van der Waals surface area contributed by atoms with Crippen LogP contribution in [0.2, 0.25) is 0 Å². The largest absolute Gasteiger partial charge is 0.512 e. The quantitative estimate of drug-likeness (QED) is 0.108. The Labute approximate surface area is 197 Å². The van der Waals surface area contributed by atoms with Crippen LogP contribution in [-0.2, 0) is 57.8 Å². The van der Waals surface area contributed by atoms with E-state index in [1.807, 2.05) is 0 Å². The zero-order chi connectivity index (χ0) is 24.9. The summed E-state index contributed by atoms with van der Waals surface area (Å²) in [5.74, 6) is -5.51. The molecule has 0 aliphatic carbocycles. The average molecular weight is 635 g/mol. The van der Waals surface area contributed by atoms with Crippen molar-refractivity contribution < 1.29 is 67.5 Å². The Morgan fingerprint density at radius 1 is 1.09 bits per heavy atom. The number of hydrogen-bond donors (Lipinski definition) is 1. The van der Waals surface area contributed by atoms with Gasteiger partial charge in [-0.1, -0.05) is 10.7 Å². The summed E-state index contributed by atoms with van der Waals surface area (Å²) in [6, 6.07) is 0. The van der Waals surface area contributed by atoms with Crippen molar-refractivity contribution in [2.24, 2.45) is 11.8 Å². The summed E-state index contributed by atoms with van der Waals surface area (Å²) in [6.07, 6.45) is -5.96. The topological polar surface area (TPSA) is 178 Å². The van der Waals surface area contributed by atoms with Gasteiger partial charge in [0.15, 0.2) is 6.10 Å². The van der Waals surface area contributed by atoms with Gasteiger partial charge in [0.05, 0.1) is 3.58 Å². The number of nitrogens with one attached hydrogen (secondary N) is 1. The fourth-order valence-corrected chi connectivity index (χ4v) is 5.79. The van der Waals surface area contributed by atoms with Gasteiger partial charge in [0.25, 0.3) is 0 Å². The Morgan fingerprint density at radius 2 is 1.70 bits per heavy atom. The van der Waals surface area contributed by atoms with Crippen molar-refractivity contribution in [3.63, 3.8) is 0 Å². The SMILES string of the molecule is C=C(I)C(=O)OCCOC(=O)C1C2OC3C(OC(=O)C31)C2OS(=O)(=O)NS(=O)(=O)C(F)(F)F. The van der Waals surface area contributed by atoms with Crippen LogP contribution in [0.15, 0.2) is 10.2 Å². The van der Waals surface area contributed by atoms with E-state index >= 15 is 0 Å². The number of ether oxygens (including phenoxy) is 4. The van der Waals surface area contributed by atoms with Crippen molar-refractivity contribution in [3.05, 3.63) is 10.2 Å². The molecule has 0 spiro atoms. The van der Waals surface area contributed by atoms with Gasteiger partial charge in [0, 0.05) is 0 Å². The molecule has 0 aromatic rings. The number of sulfonamides is 1. The number of hydrogen-bond acceptors (Lipinski definition) is 12. The second-order valence-electron chi connectivity index (χ2n) is 6.77. The van der Waals surface area contributed by atoms with Crippen LogP contribution in [0.25, 0.3) is 0 Å². The molecule has 3 rings (SSSR count). The van der Waals surface area contributed by atoms with E-state index < -0.39 is 86.6 Å². The predicted octanol–water partition coefficient (Wildman–Crippen LogP) is -0.970. The molecule has 33 heavy (non-hydrogen) atoms. The van der Waals surface area contributed by atoms with Gasteiger partial charge >= 0.3 is 43.7 Å². The van der Waals surface area contributed by atoms with E-state index in [9.17, 15) is 44.4 Å². The van der Waals surface area contributed by atoms with Crippen molar-refractivity contribution in [1.29, 1.82) is 0 Å². The summed E-state index contributed by atoms with van der Waals surface area (Å²) in [5, 5.41) is 0. The summed E-state index contributed by atoms with van der Waals surface area (Å²) in [4.78, 5) is 35.9. The van der Waals surface area contributed by atoms with E-state index in [-0.39, 0.29) is 10.2 Å². The zero-order valence-electron chi connectivity index (χ0n) is 15.8. The van der Waals surface area contributed by atoms with E-state index in [1.165, 1.54) is 0 Å². The maximum atomic E-state index is 12.5. The maximum Gasteiger partial charge on any atom is 0.512 e. The molecule has 3 aliphatic rings. The molecule has 3 fully saturated rings. The standard InChI is InChI=1S/C14H13F3INO12S2/c1-4(18)11(20)27-2-3-28-12(21)5-6-7-9(30-13(6)22)10(8(5)29-7)31-33(25,26)19-32(23,24)14(15,16)17/h5-10,19H,1-3H2. The van der Waals surface area contributed by atoms with Crippen LogP contribution in [-0.4, -0.2) is 77.9 Å². The number of esters is 3. The van der Waals surface area contributed by atoms with Crippen LogP contribution >= 0.6 is 22.6 Å². The molecule has 1 N–H and O–H groups in total. The minimum absolute atomic E-state index is 0.0579. The first kappa shape index (κ1) is 26.1. The van der Waals surface area contributed by atoms with Crippen molar-refractivity contribution in [2.45, 2.75) is 29.9 Å². The summed E-state index contributed by atoms with van der Waals surface area (Å²) in [5.41, 5.74) is -5.96. The lowest BCUT2D eigenvalue weighted by Crippen LogP contribution is -2.50. The van der Waals surface area contributed by atoms with Crippen LogP contribution in [0, 0.1) is 11.8 Å². The van der Waals surface area contributed by atoms with Gasteiger partial charge in [0.2, 0.25) is 0 Å². The Bertz CT molecular complexity index is 1090. The molecule has 0 aromatic heterocycles. The smallest absolute Gasteiger partial charge is 0.462 e. The van der Waals surface area contributed by atoms with Crippen LogP contribution < -0.4 is 4.13 Å². The second-order valence-corrected chi connectivity index (χ2v) is 11.3. The molecule has 3 aliphatic heterocycles. The lowest BCUT2D eigenvalue weighted by atomic mass is 9.78. The number of carbonyl (C=O) groups excluding carboxylic acids is 3. The molecule has 0 radical (unpaired) electrons. The van der Waals surface area contributed by atoms with Gasteiger partial charge in [0.1, 0.15) is 43.4 Å². The van der Waals surface area contributed by atoms with Gasteiger partial charge in [-0.2, -0.15) is 21.6 Å². The minimum Gasteiger partial charge on any atom is -0.462 e. The molecule has 2 bridgehead atoms. The number of halogens is 4. The molecule has 6 atom stereocenters. The van der Waals surface area contributed by atoms with E-state index in [1.54, 1.807) is 22.6 Å². The highest BCUT2D eigenvalue weighted by Crippen LogP contribution is 2.51. The van der Waals surface area contributed by atoms with Crippen molar-refractivity contribution >= 4 is 60.8 Å². The van der Waals surface area contributed by atoms with Crippen LogP contribution in [0.4, 0.5) is 13.2 Å². The Balaban J connectivity index is 1.70. The highest BCUT2D eigenvalue weighted by atomic mass is 127. The maximum absolute atomic E-state index is 12.5. The van der Waals surface area contributed by atoms with Gasteiger partial charge in [-0.3, -0.25) is 9.59 Å². The third-order valence-corrected chi connectivity index (χ3v) is 7.93. The summed E-state index contributed by atoms with van der Waals surface area (Å²) in [6.45, 7) is 2.50. The van der Waals surface area contributed by atoms with Gasteiger partial charge < -0.3 is 18.9 Å². The third kappa shape index (κ3) is 5.11. The molecular weight excluding hydrogens is 622 g/mol. The number of fused-ring (bicyclic) bond motifs is 1. The third-order valence-electron chi connectivity index (χ3n) is 4.71. The first-order chi connectivity index (χ1) is 15.1. The fraction of sp³-hybridized carbons (Fsp3) is 0.643. The second kappa shape index (κ2) is 8.91. The molecule has 0 amide bonds. The van der Waals surface area contributed by atoms with E-state index in [0.29, 0.717) is 4.13 Å². The Kier molecular flexibility index (Phi) is 7.03. The summed E-state index contributed by atoms with van der Waals surface area (Å²) in [7, 11) is -11.9. The van der Waals surface area contributed by atoms with Crippen molar-refractivity contribution in [2.75, 3.05) is 13.2 Å². The molecule has 186 valence electrons. The molecule has 0 aromatic carbocycles. The summed E-state index contributed by atoms with van der Waals surface area (Å²) < 4.78 is 108. The van der Waals surface area contributed by atoms with Gasteiger partial charge in [-0.25, -0.2) is 17.4 Å². The van der Waals surface area contributed by atoms with Crippen LogP contribution in [0.5, 0.6) is 0 Å². The van der Waals surface area contributed by atoms with E-state index in [0.717, 1.165) is 0 Å². The highest BCUT2D eigenvalue weighted by Gasteiger charge is 2.72. The van der Waals surface area contributed by atoms with Crippen molar-refractivity contribution in [1.82, 2.24) is 4.13 Å². The molecule has 13 nitrogen and oxygen atoms in total. The normalized spacial score (nSPS) is 30.7. The van der Waals surface area contributed by atoms with E-state index in [2.05, 4.69) is 10.8 Å². The van der Waals surface area contributed by atoms with Crippen LogP contribution in [0.1, 0.15) is 0 Å². The predicted molar refractivity (Wildman–Crippen MR) is 103 cm³/mol. The molecule has 19 heteroatoms. The highest BCUT2D eigenvalue weighted by molar-refractivity contribution is 14.1. The Hall–Kier alpha value is -1.55. The van der Waals surface area contributed by atoms with Gasteiger partial charge in [-0.05, 0) is 22.6 Å². The molecule has 6 unspecified atom stereocenters. The zero-order valence-corrected chi connectivity index (χ0v) is 19.6. The van der Waals surface area contributed by atoms with Crippen LogP contribution in [0.3, 0.4) is 0 Å². The lowest BCUT2D eigenvalue weighted by Gasteiger charge is -2.26. The molecule has 3 heterocycles. The first-order valence-electron chi connectivity index (χ1n) is 8.63. The molecule has 0 saturated carbocycles. The Morgan fingerprint density at radius 3 is 2.27 bits per heavy atom. The average Bonchev–Trinajstić information content (AvgIpc) is 3.26. The number of carbonyl (C=O) groups is 3. The monoisotopic (exact) mass is 635 g/mol. The fourth-order valence-electron chi connectivity index (χ4n) is 3.51. The number of alkyl halides is 3. The minimum atomic E-state index is -6.34. The first-order valence-corrected chi connectivity index (χ1v) is 12.6. The number of rotatable bonds is 9. The van der Waals surface area contributed by atoms with Crippen molar-refractivity contribution in [3.8, 4) is 0 Å². The van der Waals surface area contributed by atoms with Gasteiger partial charge in [-0.15, -0.1) is 0 Å². The molecule has 3 saturated heterocycles. The van der Waals surface area contributed by atoms with E-state index in [4.69, 9.17) is 18.9 Å². The summed E-state index contributed by atoms with van der Waals surface area (Å²) >= 11 is 1.60. The molecular formula is C14H13F3INO12S2.